The molecule has 154 valence electrons. The third-order valence-corrected chi connectivity index (χ3v) is 5.06. The highest BCUT2D eigenvalue weighted by Crippen LogP contribution is 2.10. The predicted octanol–water partition coefficient (Wildman–Crippen LogP) is 2.16. The summed E-state index contributed by atoms with van der Waals surface area (Å²) >= 11 is 0. The van der Waals surface area contributed by atoms with E-state index in [1.807, 2.05) is 0 Å². The Kier molecular flexibility index (Phi) is 18.8. The summed E-state index contributed by atoms with van der Waals surface area (Å²) in [6, 6.07) is 0. The van der Waals surface area contributed by atoms with Gasteiger partial charge in [0.1, 0.15) is 13.1 Å². The molecule has 0 spiro atoms. The summed E-state index contributed by atoms with van der Waals surface area (Å²) < 4.78 is 0. The van der Waals surface area contributed by atoms with Crippen molar-refractivity contribution in [1.29, 1.82) is 0 Å². The molecule has 1 rings (SSSR count). The molecule has 1 aliphatic heterocycles. The molecule has 0 radical (unpaired) electrons. The van der Waals surface area contributed by atoms with Crippen LogP contribution in [0.2, 0.25) is 0 Å². The van der Waals surface area contributed by atoms with Crippen LogP contribution >= 0.6 is 0 Å². The second-order valence-corrected chi connectivity index (χ2v) is 7.55. The number of carbonyl (C=O) groups is 1. The van der Waals surface area contributed by atoms with Crippen molar-refractivity contribution in [2.24, 2.45) is 0 Å². The van der Waals surface area contributed by atoms with E-state index in [-0.39, 0.29) is 18.4 Å². The summed E-state index contributed by atoms with van der Waals surface area (Å²) in [6.45, 7) is 4.27. The van der Waals surface area contributed by atoms with Crippen molar-refractivity contribution in [3.05, 3.63) is 12.2 Å². The smallest absolute Gasteiger partial charge is 0.366 e. The van der Waals surface area contributed by atoms with E-state index in [4.69, 9.17) is 4.84 Å². The topological polar surface area (TPSA) is 30.7 Å². The molecule has 0 atom stereocenters. The van der Waals surface area contributed by atoms with E-state index in [1.54, 1.807) is 0 Å². The SMILES string of the molecule is CCCCCCCC/C=C\CCCCCCCC(=O)O[NH+]1CCCC1.[Cl-]. The Morgan fingerprint density at radius 2 is 1.31 bits per heavy atom. The molecule has 0 unspecified atom stereocenters. The van der Waals surface area contributed by atoms with Crippen LogP contribution < -0.4 is 17.5 Å². The van der Waals surface area contributed by atoms with Gasteiger partial charge in [-0.15, -0.1) is 5.06 Å². The molecule has 26 heavy (non-hydrogen) atoms. The number of hydrogen-bond acceptors (Lipinski definition) is 2. The number of allylic oxidation sites excluding steroid dienone is 2. The number of carbonyl (C=O) groups excluding carboxylic acids is 1. The minimum atomic E-state index is -0.00507. The molecule has 1 fully saturated rings. The van der Waals surface area contributed by atoms with E-state index in [9.17, 15) is 4.79 Å². The first-order valence-corrected chi connectivity index (χ1v) is 11.0. The van der Waals surface area contributed by atoms with Crippen LogP contribution in [0.25, 0.3) is 0 Å². The van der Waals surface area contributed by atoms with Crippen molar-refractivity contribution >= 4 is 5.97 Å². The first kappa shape index (κ1) is 25.5. The van der Waals surface area contributed by atoms with Gasteiger partial charge in [-0.1, -0.05) is 70.4 Å². The predicted molar refractivity (Wildman–Crippen MR) is 105 cm³/mol. The van der Waals surface area contributed by atoms with Gasteiger partial charge in [-0.05, 0) is 32.1 Å². The molecule has 0 saturated carbocycles. The standard InChI is InChI=1S/C22H41NO2.ClH/c1-2-3-4-5-6-7-8-9-10-11-12-13-14-15-16-19-22(24)25-23-20-17-18-21-23;/h9-10H,2-8,11-21H2,1H3;1H/b10-9-;. The summed E-state index contributed by atoms with van der Waals surface area (Å²) in [6.07, 6.45) is 24.5. The van der Waals surface area contributed by atoms with E-state index < -0.39 is 0 Å². The van der Waals surface area contributed by atoms with Crippen molar-refractivity contribution in [3.8, 4) is 0 Å². The van der Waals surface area contributed by atoms with Gasteiger partial charge in [0.2, 0.25) is 0 Å². The lowest BCUT2D eigenvalue weighted by molar-refractivity contribution is -1.06. The van der Waals surface area contributed by atoms with E-state index in [1.165, 1.54) is 83.5 Å². The van der Waals surface area contributed by atoms with E-state index in [0.29, 0.717) is 6.42 Å². The fourth-order valence-corrected chi connectivity index (χ4v) is 3.42. The quantitative estimate of drug-likeness (QED) is 0.325. The maximum absolute atomic E-state index is 11.7. The van der Waals surface area contributed by atoms with E-state index >= 15 is 0 Å². The Bertz CT molecular complexity index is 341. The maximum atomic E-state index is 11.7. The zero-order valence-corrected chi connectivity index (χ0v) is 17.8. The average Bonchev–Trinajstić information content (AvgIpc) is 3.11. The van der Waals surface area contributed by atoms with Crippen molar-refractivity contribution < 1.29 is 27.1 Å². The van der Waals surface area contributed by atoms with Gasteiger partial charge in [0.05, 0.1) is 6.42 Å². The lowest BCUT2D eigenvalue weighted by Crippen LogP contribution is -3.09. The Labute approximate surface area is 168 Å². The molecular formula is C22H42ClNO2. The van der Waals surface area contributed by atoms with Gasteiger partial charge in [0.15, 0.2) is 0 Å². The lowest BCUT2D eigenvalue weighted by atomic mass is 10.1. The van der Waals surface area contributed by atoms with Crippen LogP contribution in [-0.2, 0) is 9.63 Å². The largest absolute Gasteiger partial charge is 1.00 e. The van der Waals surface area contributed by atoms with Gasteiger partial charge in [0, 0.05) is 12.8 Å². The van der Waals surface area contributed by atoms with Crippen molar-refractivity contribution in [2.75, 3.05) is 13.1 Å². The molecule has 0 aromatic heterocycles. The van der Waals surface area contributed by atoms with Crippen LogP contribution in [0.15, 0.2) is 12.2 Å². The minimum Gasteiger partial charge on any atom is -1.00 e. The molecule has 1 aliphatic rings. The molecule has 4 heteroatoms. The molecule has 0 aromatic carbocycles. The fraction of sp³-hybridized carbons (Fsp3) is 0.864. The second kappa shape index (κ2) is 19.2. The van der Waals surface area contributed by atoms with E-state index in [2.05, 4.69) is 19.1 Å². The summed E-state index contributed by atoms with van der Waals surface area (Å²) in [5.41, 5.74) is 0. The summed E-state index contributed by atoms with van der Waals surface area (Å²) in [7, 11) is 0. The summed E-state index contributed by atoms with van der Waals surface area (Å²) in [5, 5.41) is 1.03. The second-order valence-electron chi connectivity index (χ2n) is 7.55. The minimum absolute atomic E-state index is 0. The van der Waals surface area contributed by atoms with Gasteiger partial charge < -0.3 is 12.4 Å². The number of nitrogens with one attached hydrogen (secondary N) is 1. The van der Waals surface area contributed by atoms with Crippen molar-refractivity contribution in [3.63, 3.8) is 0 Å². The zero-order chi connectivity index (χ0) is 18.0. The first-order chi connectivity index (χ1) is 12.3. The highest BCUT2D eigenvalue weighted by atomic mass is 35.5. The van der Waals surface area contributed by atoms with Gasteiger partial charge in [0.25, 0.3) is 0 Å². The fourth-order valence-electron chi connectivity index (χ4n) is 3.42. The van der Waals surface area contributed by atoms with Crippen molar-refractivity contribution in [1.82, 2.24) is 0 Å². The molecule has 3 nitrogen and oxygen atoms in total. The maximum Gasteiger partial charge on any atom is 0.366 e. The highest BCUT2D eigenvalue weighted by Gasteiger charge is 2.20. The van der Waals surface area contributed by atoms with Crippen LogP contribution in [0.3, 0.4) is 0 Å². The zero-order valence-electron chi connectivity index (χ0n) is 17.1. The third kappa shape index (κ3) is 15.7. The normalized spacial score (nSPS) is 14.7. The summed E-state index contributed by atoms with van der Waals surface area (Å²) in [5.74, 6) is -0.00507. The van der Waals surface area contributed by atoms with Crippen LogP contribution in [0.5, 0.6) is 0 Å². The van der Waals surface area contributed by atoms with Crippen LogP contribution in [0, 0.1) is 0 Å². The summed E-state index contributed by atoms with van der Waals surface area (Å²) in [4.78, 5) is 17.1. The monoisotopic (exact) mass is 387 g/mol. The molecule has 0 amide bonds. The van der Waals surface area contributed by atoms with Crippen LogP contribution in [-0.4, -0.2) is 19.1 Å². The Balaban J connectivity index is 0.00000625. The lowest BCUT2D eigenvalue weighted by Gasteiger charge is -2.09. The number of halogens is 1. The highest BCUT2D eigenvalue weighted by molar-refractivity contribution is 5.68. The van der Waals surface area contributed by atoms with Crippen molar-refractivity contribution in [2.45, 2.75) is 110 Å². The molecule has 0 aliphatic carbocycles. The number of rotatable bonds is 16. The van der Waals surface area contributed by atoms with Gasteiger partial charge >= 0.3 is 5.97 Å². The molecular weight excluding hydrogens is 346 g/mol. The van der Waals surface area contributed by atoms with Gasteiger partial charge in [-0.2, -0.15) is 0 Å². The Morgan fingerprint density at radius 1 is 0.808 bits per heavy atom. The van der Waals surface area contributed by atoms with Gasteiger partial charge in [-0.3, -0.25) is 4.84 Å². The molecule has 1 heterocycles. The van der Waals surface area contributed by atoms with Gasteiger partial charge in [-0.25, -0.2) is 4.79 Å². The Morgan fingerprint density at radius 3 is 1.88 bits per heavy atom. The molecule has 0 bridgehead atoms. The molecule has 0 aromatic rings. The first-order valence-electron chi connectivity index (χ1n) is 11.0. The average molecular weight is 388 g/mol. The molecule has 1 saturated heterocycles. The number of hydroxylamine groups is 2. The Hall–Kier alpha value is -0.540. The number of quaternary nitrogens is 1. The molecule has 1 N–H and O–H groups in total. The van der Waals surface area contributed by atoms with Crippen LogP contribution in [0.1, 0.15) is 110 Å². The number of hydrogen-bond donors (Lipinski definition) is 1. The van der Waals surface area contributed by atoms with Crippen LogP contribution in [0.4, 0.5) is 0 Å². The third-order valence-electron chi connectivity index (χ3n) is 5.06. The number of unbranched alkanes of at least 4 members (excludes halogenated alkanes) is 11. The van der Waals surface area contributed by atoms with E-state index in [0.717, 1.165) is 31.0 Å².